The Hall–Kier alpha value is -3.33. The molecule has 0 aliphatic carbocycles. The lowest BCUT2D eigenvalue weighted by molar-refractivity contribution is 0.627. The third-order valence-electron chi connectivity index (χ3n) is 6.15. The molecular formula is C27H25FN2. The molecule has 0 amide bonds. The van der Waals surface area contributed by atoms with Crippen LogP contribution in [0.15, 0.2) is 85.2 Å². The summed E-state index contributed by atoms with van der Waals surface area (Å²) in [6.07, 6.45) is 4.55. The SMILES string of the molecule is CCn1cc(C(c2ccc(F)cc2)c2cn(CC)c3ccccc23)c2ccccc21. The van der Waals surface area contributed by atoms with Crippen molar-refractivity contribution in [3.8, 4) is 0 Å². The highest BCUT2D eigenvalue weighted by Crippen LogP contribution is 2.40. The van der Waals surface area contributed by atoms with E-state index in [1.54, 1.807) is 12.1 Å². The lowest BCUT2D eigenvalue weighted by Gasteiger charge is -2.17. The van der Waals surface area contributed by atoms with Gasteiger partial charge in [0.15, 0.2) is 0 Å². The number of rotatable bonds is 5. The molecule has 0 N–H and O–H groups in total. The van der Waals surface area contributed by atoms with Crippen LogP contribution in [0.1, 0.15) is 36.5 Å². The van der Waals surface area contributed by atoms with E-state index < -0.39 is 0 Å². The molecule has 0 radical (unpaired) electrons. The number of para-hydroxylation sites is 2. The monoisotopic (exact) mass is 396 g/mol. The van der Waals surface area contributed by atoms with Gasteiger partial charge in [-0.25, -0.2) is 4.39 Å². The van der Waals surface area contributed by atoms with Crippen LogP contribution in [0.5, 0.6) is 0 Å². The van der Waals surface area contributed by atoms with E-state index in [1.165, 1.54) is 32.9 Å². The zero-order valence-corrected chi connectivity index (χ0v) is 17.3. The van der Waals surface area contributed by atoms with Gasteiger partial charge < -0.3 is 9.13 Å². The standard InChI is InChI=1S/C27H25FN2/c1-3-29-17-23(21-9-5-7-11-25(21)29)27(19-13-15-20(28)16-14-19)24-18-30(4-2)26-12-8-6-10-22(24)26/h5-18,27H,3-4H2,1-2H3. The molecular weight excluding hydrogens is 371 g/mol. The highest BCUT2D eigenvalue weighted by molar-refractivity contribution is 5.89. The molecule has 2 heterocycles. The number of benzene rings is 3. The largest absolute Gasteiger partial charge is 0.347 e. The number of hydrogen-bond donors (Lipinski definition) is 0. The Bertz CT molecular complexity index is 1240. The molecule has 3 heteroatoms. The molecule has 2 nitrogen and oxygen atoms in total. The summed E-state index contributed by atoms with van der Waals surface area (Å²) in [5.74, 6) is -0.175. The van der Waals surface area contributed by atoms with Gasteiger partial charge in [-0.05, 0) is 54.8 Å². The highest BCUT2D eigenvalue weighted by Gasteiger charge is 2.25. The van der Waals surface area contributed by atoms with E-state index in [4.69, 9.17) is 0 Å². The van der Waals surface area contributed by atoms with E-state index in [0.29, 0.717) is 0 Å². The molecule has 5 aromatic rings. The number of halogens is 1. The normalized spacial score (nSPS) is 11.7. The van der Waals surface area contributed by atoms with Gasteiger partial charge >= 0.3 is 0 Å². The molecule has 2 aromatic heterocycles. The van der Waals surface area contributed by atoms with Gasteiger partial charge in [0.05, 0.1) is 0 Å². The minimum atomic E-state index is -0.204. The van der Waals surface area contributed by atoms with Gasteiger partial charge in [0.2, 0.25) is 0 Å². The number of nitrogens with zero attached hydrogens (tertiary/aromatic N) is 2. The number of hydrogen-bond acceptors (Lipinski definition) is 0. The molecule has 0 aliphatic rings. The Morgan fingerprint density at radius 3 is 1.60 bits per heavy atom. The van der Waals surface area contributed by atoms with Crippen molar-refractivity contribution in [2.75, 3.05) is 0 Å². The molecule has 0 saturated heterocycles. The fourth-order valence-corrected chi connectivity index (χ4v) is 4.72. The Morgan fingerprint density at radius 1 is 0.667 bits per heavy atom. The lowest BCUT2D eigenvalue weighted by Crippen LogP contribution is -2.03. The van der Waals surface area contributed by atoms with Crippen molar-refractivity contribution < 1.29 is 4.39 Å². The van der Waals surface area contributed by atoms with Gasteiger partial charge in [-0.3, -0.25) is 0 Å². The maximum absolute atomic E-state index is 13.8. The average Bonchev–Trinajstić information content (AvgIpc) is 3.34. The number of aryl methyl sites for hydroxylation is 2. The van der Waals surface area contributed by atoms with Crippen molar-refractivity contribution in [3.05, 3.63) is 108 Å². The van der Waals surface area contributed by atoms with E-state index in [-0.39, 0.29) is 11.7 Å². The quantitative estimate of drug-likeness (QED) is 0.304. The van der Waals surface area contributed by atoms with E-state index in [9.17, 15) is 4.39 Å². The summed E-state index contributed by atoms with van der Waals surface area (Å²) in [6.45, 7) is 6.17. The topological polar surface area (TPSA) is 9.86 Å². The highest BCUT2D eigenvalue weighted by atomic mass is 19.1. The Balaban J connectivity index is 1.84. The van der Waals surface area contributed by atoms with Gasteiger partial charge in [-0.1, -0.05) is 48.5 Å². The summed E-state index contributed by atoms with van der Waals surface area (Å²) in [5, 5.41) is 2.50. The summed E-state index contributed by atoms with van der Waals surface area (Å²) in [7, 11) is 0. The second kappa shape index (κ2) is 7.49. The average molecular weight is 397 g/mol. The van der Waals surface area contributed by atoms with Crippen LogP contribution in [0.3, 0.4) is 0 Å². The van der Waals surface area contributed by atoms with Crippen LogP contribution < -0.4 is 0 Å². The smallest absolute Gasteiger partial charge is 0.123 e. The molecule has 5 rings (SSSR count). The first-order chi connectivity index (χ1) is 14.7. The fourth-order valence-electron chi connectivity index (χ4n) is 4.72. The minimum Gasteiger partial charge on any atom is -0.347 e. The van der Waals surface area contributed by atoms with Gasteiger partial charge in [0.1, 0.15) is 5.82 Å². The zero-order chi connectivity index (χ0) is 20.7. The predicted octanol–water partition coefficient (Wildman–Crippen LogP) is 6.96. The molecule has 0 fully saturated rings. The Labute approximate surface area is 176 Å². The van der Waals surface area contributed by atoms with Crippen LogP contribution in [0.4, 0.5) is 4.39 Å². The van der Waals surface area contributed by atoms with Crippen LogP contribution >= 0.6 is 0 Å². The third-order valence-corrected chi connectivity index (χ3v) is 6.15. The molecule has 30 heavy (non-hydrogen) atoms. The van der Waals surface area contributed by atoms with Gasteiger partial charge in [0, 0.05) is 53.2 Å². The van der Waals surface area contributed by atoms with Crippen molar-refractivity contribution >= 4 is 21.8 Å². The summed E-state index contributed by atoms with van der Waals surface area (Å²) in [4.78, 5) is 0. The van der Waals surface area contributed by atoms with Crippen LogP contribution in [0.25, 0.3) is 21.8 Å². The second-order valence-electron chi connectivity index (χ2n) is 7.76. The van der Waals surface area contributed by atoms with E-state index in [2.05, 4.69) is 83.9 Å². The lowest BCUT2D eigenvalue weighted by atomic mass is 9.85. The van der Waals surface area contributed by atoms with Gasteiger partial charge in [0.25, 0.3) is 0 Å². The number of aromatic nitrogens is 2. The first-order valence-electron chi connectivity index (χ1n) is 10.6. The summed E-state index contributed by atoms with van der Waals surface area (Å²) in [6, 6.07) is 24.1. The van der Waals surface area contributed by atoms with Gasteiger partial charge in [-0.15, -0.1) is 0 Å². The maximum Gasteiger partial charge on any atom is 0.123 e. The Morgan fingerprint density at radius 2 is 1.13 bits per heavy atom. The molecule has 3 aromatic carbocycles. The zero-order valence-electron chi connectivity index (χ0n) is 17.3. The number of fused-ring (bicyclic) bond motifs is 2. The summed E-state index contributed by atoms with van der Waals surface area (Å²) >= 11 is 0. The van der Waals surface area contributed by atoms with Crippen molar-refractivity contribution in [1.82, 2.24) is 9.13 Å². The van der Waals surface area contributed by atoms with Crippen LogP contribution in [-0.4, -0.2) is 9.13 Å². The minimum absolute atomic E-state index is 0.0287. The maximum atomic E-state index is 13.8. The second-order valence-corrected chi connectivity index (χ2v) is 7.76. The summed E-state index contributed by atoms with van der Waals surface area (Å²) in [5.41, 5.74) is 6.10. The molecule has 0 atom stereocenters. The first kappa shape index (κ1) is 18.7. The van der Waals surface area contributed by atoms with Crippen LogP contribution in [0, 0.1) is 5.82 Å². The van der Waals surface area contributed by atoms with Crippen molar-refractivity contribution in [2.45, 2.75) is 32.9 Å². The third kappa shape index (κ3) is 2.93. The molecule has 0 spiro atoms. The predicted molar refractivity (Wildman–Crippen MR) is 123 cm³/mol. The van der Waals surface area contributed by atoms with Crippen molar-refractivity contribution in [2.24, 2.45) is 0 Å². The molecule has 0 aliphatic heterocycles. The molecule has 150 valence electrons. The van der Waals surface area contributed by atoms with Crippen molar-refractivity contribution in [3.63, 3.8) is 0 Å². The summed E-state index contributed by atoms with van der Waals surface area (Å²) < 4.78 is 18.4. The van der Waals surface area contributed by atoms with Crippen molar-refractivity contribution in [1.29, 1.82) is 0 Å². The van der Waals surface area contributed by atoms with Crippen LogP contribution in [-0.2, 0) is 13.1 Å². The molecule has 0 bridgehead atoms. The molecule has 0 saturated carbocycles. The van der Waals surface area contributed by atoms with E-state index in [0.717, 1.165) is 18.7 Å². The fraction of sp³-hybridized carbons (Fsp3) is 0.185. The molecule has 0 unspecified atom stereocenters. The van der Waals surface area contributed by atoms with Gasteiger partial charge in [-0.2, -0.15) is 0 Å². The van der Waals surface area contributed by atoms with E-state index in [1.807, 2.05) is 12.1 Å². The first-order valence-corrected chi connectivity index (χ1v) is 10.6. The van der Waals surface area contributed by atoms with E-state index >= 15 is 0 Å². The Kier molecular flexibility index (Phi) is 4.66. The van der Waals surface area contributed by atoms with Crippen LogP contribution in [0.2, 0.25) is 0 Å².